The fourth-order valence-electron chi connectivity index (χ4n) is 2.72. The molecule has 0 atom stereocenters. The van der Waals surface area contributed by atoms with E-state index < -0.39 is 0 Å². The standard InChI is InChI=1S/C22H22N6O2S/c1-22(2,3)20-26-18(28-30-20)15-8-10-17(11-9-15)25-19(29)16-6-4-14(5-7-16)12-31-21-23-13-24-27-21/h4-11,13H,12H2,1-3H3,(H,25,29)(H,23,24,27). The van der Waals surface area contributed by atoms with E-state index in [0.29, 0.717) is 23.0 Å². The van der Waals surface area contributed by atoms with Crippen molar-refractivity contribution in [2.24, 2.45) is 0 Å². The lowest BCUT2D eigenvalue weighted by molar-refractivity contribution is 0.102. The number of carbonyl (C=O) groups excluding carboxylic acids is 1. The topological polar surface area (TPSA) is 110 Å². The summed E-state index contributed by atoms with van der Waals surface area (Å²) in [5.41, 5.74) is 3.00. The lowest BCUT2D eigenvalue weighted by Gasteiger charge is -2.10. The van der Waals surface area contributed by atoms with Crippen molar-refractivity contribution in [3.8, 4) is 11.4 Å². The smallest absolute Gasteiger partial charge is 0.255 e. The van der Waals surface area contributed by atoms with Crippen LogP contribution in [-0.4, -0.2) is 31.2 Å². The number of aromatic nitrogens is 5. The number of aromatic amines is 1. The van der Waals surface area contributed by atoms with E-state index in [1.807, 2.05) is 69.3 Å². The third kappa shape index (κ3) is 5.18. The largest absolute Gasteiger partial charge is 0.338 e. The van der Waals surface area contributed by atoms with Gasteiger partial charge in [-0.05, 0) is 42.0 Å². The van der Waals surface area contributed by atoms with Gasteiger partial charge in [0.2, 0.25) is 11.7 Å². The molecule has 2 aromatic carbocycles. The maximum atomic E-state index is 12.6. The zero-order valence-electron chi connectivity index (χ0n) is 17.4. The molecule has 2 aromatic heterocycles. The van der Waals surface area contributed by atoms with Gasteiger partial charge in [-0.2, -0.15) is 10.1 Å². The van der Waals surface area contributed by atoms with Crippen LogP contribution < -0.4 is 5.32 Å². The Kier molecular flexibility index (Phi) is 5.85. The van der Waals surface area contributed by atoms with Crippen molar-refractivity contribution in [1.82, 2.24) is 25.3 Å². The molecule has 31 heavy (non-hydrogen) atoms. The lowest BCUT2D eigenvalue weighted by Crippen LogP contribution is -2.11. The Morgan fingerprint density at radius 1 is 1.10 bits per heavy atom. The maximum Gasteiger partial charge on any atom is 0.255 e. The highest BCUT2D eigenvalue weighted by Crippen LogP contribution is 2.25. The van der Waals surface area contributed by atoms with Gasteiger partial charge in [-0.3, -0.25) is 9.89 Å². The predicted molar refractivity (Wildman–Crippen MR) is 119 cm³/mol. The summed E-state index contributed by atoms with van der Waals surface area (Å²) in [7, 11) is 0. The van der Waals surface area contributed by atoms with Crippen molar-refractivity contribution >= 4 is 23.4 Å². The first-order valence-electron chi connectivity index (χ1n) is 9.71. The monoisotopic (exact) mass is 434 g/mol. The van der Waals surface area contributed by atoms with Crippen LogP contribution in [0, 0.1) is 0 Å². The summed E-state index contributed by atoms with van der Waals surface area (Å²) in [6, 6.07) is 14.9. The van der Waals surface area contributed by atoms with Crippen molar-refractivity contribution in [2.45, 2.75) is 37.1 Å². The Balaban J connectivity index is 1.36. The number of amides is 1. The van der Waals surface area contributed by atoms with E-state index in [-0.39, 0.29) is 11.3 Å². The molecule has 0 spiro atoms. The first-order valence-corrected chi connectivity index (χ1v) is 10.7. The van der Waals surface area contributed by atoms with Gasteiger partial charge in [-0.25, -0.2) is 4.98 Å². The summed E-state index contributed by atoms with van der Waals surface area (Å²) in [5.74, 6) is 1.69. The Bertz CT molecular complexity index is 1150. The SMILES string of the molecule is CC(C)(C)c1nc(-c2ccc(NC(=O)c3ccc(CSc4ncn[nH]4)cc3)cc2)no1. The minimum absolute atomic E-state index is 0.170. The van der Waals surface area contributed by atoms with Crippen LogP contribution in [0.2, 0.25) is 0 Å². The van der Waals surface area contributed by atoms with Crippen molar-refractivity contribution in [1.29, 1.82) is 0 Å². The Morgan fingerprint density at radius 2 is 1.84 bits per heavy atom. The van der Waals surface area contributed by atoms with Gasteiger partial charge in [0.1, 0.15) is 6.33 Å². The van der Waals surface area contributed by atoms with Gasteiger partial charge in [0.15, 0.2) is 5.16 Å². The third-order valence-corrected chi connectivity index (χ3v) is 5.40. The van der Waals surface area contributed by atoms with Gasteiger partial charge in [0.05, 0.1) is 0 Å². The van der Waals surface area contributed by atoms with Crippen molar-refractivity contribution < 1.29 is 9.32 Å². The molecule has 158 valence electrons. The molecule has 1 amide bonds. The minimum atomic E-state index is -0.205. The van der Waals surface area contributed by atoms with E-state index in [2.05, 4.69) is 30.6 Å². The molecule has 0 saturated carbocycles. The Morgan fingerprint density at radius 3 is 2.45 bits per heavy atom. The molecular weight excluding hydrogens is 412 g/mol. The molecule has 2 heterocycles. The maximum absolute atomic E-state index is 12.6. The van der Waals surface area contributed by atoms with Gasteiger partial charge in [0, 0.05) is 28.0 Å². The van der Waals surface area contributed by atoms with E-state index >= 15 is 0 Å². The molecule has 4 aromatic rings. The fraction of sp³-hybridized carbons (Fsp3) is 0.227. The summed E-state index contributed by atoms with van der Waals surface area (Å²) in [4.78, 5) is 21.1. The average Bonchev–Trinajstić information content (AvgIpc) is 3.45. The van der Waals surface area contributed by atoms with E-state index in [1.165, 1.54) is 6.33 Å². The van der Waals surface area contributed by atoms with E-state index in [9.17, 15) is 4.79 Å². The quantitative estimate of drug-likeness (QED) is 0.423. The van der Waals surface area contributed by atoms with E-state index in [4.69, 9.17) is 4.52 Å². The molecule has 2 N–H and O–H groups in total. The lowest BCUT2D eigenvalue weighted by atomic mass is 9.97. The number of rotatable bonds is 6. The fourth-order valence-corrected chi connectivity index (χ4v) is 3.45. The molecule has 4 rings (SSSR count). The summed E-state index contributed by atoms with van der Waals surface area (Å²) in [5, 5.41) is 14.4. The number of carbonyl (C=O) groups is 1. The molecule has 0 unspecified atom stereocenters. The second-order valence-electron chi connectivity index (χ2n) is 7.98. The second-order valence-corrected chi connectivity index (χ2v) is 8.94. The second kappa shape index (κ2) is 8.73. The first-order chi connectivity index (χ1) is 14.9. The highest BCUT2D eigenvalue weighted by atomic mass is 32.2. The third-order valence-electron chi connectivity index (χ3n) is 4.45. The summed E-state index contributed by atoms with van der Waals surface area (Å²) >= 11 is 1.55. The van der Waals surface area contributed by atoms with Gasteiger partial charge in [0.25, 0.3) is 5.91 Å². The van der Waals surface area contributed by atoms with Crippen LogP contribution in [0.4, 0.5) is 5.69 Å². The van der Waals surface area contributed by atoms with Crippen LogP contribution in [0.5, 0.6) is 0 Å². The molecule has 0 fully saturated rings. The molecule has 0 aliphatic carbocycles. The van der Waals surface area contributed by atoms with E-state index in [1.54, 1.807) is 11.8 Å². The number of hydrogen-bond donors (Lipinski definition) is 2. The highest BCUT2D eigenvalue weighted by Gasteiger charge is 2.22. The van der Waals surface area contributed by atoms with Gasteiger partial charge in [-0.15, -0.1) is 0 Å². The number of anilines is 1. The van der Waals surface area contributed by atoms with Crippen LogP contribution in [-0.2, 0) is 11.2 Å². The first kappa shape index (κ1) is 20.8. The van der Waals surface area contributed by atoms with Gasteiger partial charge < -0.3 is 9.84 Å². The average molecular weight is 435 g/mol. The number of benzene rings is 2. The molecule has 0 bridgehead atoms. The van der Waals surface area contributed by atoms with Crippen LogP contribution in [0.25, 0.3) is 11.4 Å². The van der Waals surface area contributed by atoms with Crippen LogP contribution in [0.1, 0.15) is 42.6 Å². The molecule has 0 aliphatic rings. The minimum Gasteiger partial charge on any atom is -0.338 e. The molecule has 0 saturated heterocycles. The zero-order chi connectivity index (χ0) is 21.8. The van der Waals surface area contributed by atoms with Gasteiger partial charge >= 0.3 is 0 Å². The number of nitrogens with one attached hydrogen (secondary N) is 2. The van der Waals surface area contributed by atoms with Gasteiger partial charge in [-0.1, -0.05) is 49.8 Å². The summed E-state index contributed by atoms with van der Waals surface area (Å²) < 4.78 is 5.34. The Labute approximate surface area is 183 Å². The molecule has 0 radical (unpaired) electrons. The molecular formula is C22H22N6O2S. The number of thioether (sulfide) groups is 1. The van der Waals surface area contributed by atoms with E-state index in [0.717, 1.165) is 22.0 Å². The van der Waals surface area contributed by atoms with Crippen molar-refractivity contribution in [3.05, 3.63) is 71.9 Å². The molecule has 8 nitrogen and oxygen atoms in total. The number of H-pyrrole nitrogens is 1. The van der Waals surface area contributed by atoms with Crippen LogP contribution >= 0.6 is 11.8 Å². The molecule has 0 aliphatic heterocycles. The Hall–Kier alpha value is -3.46. The summed E-state index contributed by atoms with van der Waals surface area (Å²) in [6.45, 7) is 6.06. The van der Waals surface area contributed by atoms with Crippen LogP contribution in [0.3, 0.4) is 0 Å². The highest BCUT2D eigenvalue weighted by molar-refractivity contribution is 7.98. The number of nitrogens with zero attached hydrogens (tertiary/aromatic N) is 4. The van der Waals surface area contributed by atoms with Crippen LogP contribution in [0.15, 0.2) is 64.5 Å². The number of hydrogen-bond acceptors (Lipinski definition) is 7. The van der Waals surface area contributed by atoms with Crippen molar-refractivity contribution in [3.63, 3.8) is 0 Å². The normalized spacial score (nSPS) is 11.5. The zero-order valence-corrected chi connectivity index (χ0v) is 18.2. The van der Waals surface area contributed by atoms with Crippen molar-refractivity contribution in [2.75, 3.05) is 5.32 Å². The predicted octanol–water partition coefficient (Wildman–Crippen LogP) is 4.70. The summed E-state index contributed by atoms with van der Waals surface area (Å²) in [6.07, 6.45) is 1.48. The molecule has 9 heteroatoms.